The normalized spacial score (nSPS) is 13.0. The highest BCUT2D eigenvalue weighted by Crippen LogP contribution is 2.18. The van der Waals surface area contributed by atoms with E-state index < -0.39 is 10.0 Å². The third-order valence-corrected chi connectivity index (χ3v) is 4.74. The Morgan fingerprint density at radius 1 is 1.09 bits per heavy atom. The summed E-state index contributed by atoms with van der Waals surface area (Å²) < 4.78 is 28.0. The molecule has 0 heterocycles. The van der Waals surface area contributed by atoms with Gasteiger partial charge in [-0.15, -0.1) is 0 Å². The van der Waals surface area contributed by atoms with Gasteiger partial charge in [0.05, 0.1) is 4.90 Å². The molecule has 23 heavy (non-hydrogen) atoms. The molecule has 0 aliphatic carbocycles. The highest BCUT2D eigenvalue weighted by Gasteiger charge is 2.11. The molecule has 6 heteroatoms. The number of hydrogen-bond donors (Lipinski definition) is 1. The number of sulfonamides is 1. The molecule has 2 aromatic rings. The lowest BCUT2D eigenvalue weighted by atomic mass is 10.1. The Morgan fingerprint density at radius 2 is 1.70 bits per heavy atom. The molecule has 2 aromatic carbocycles. The summed E-state index contributed by atoms with van der Waals surface area (Å²) in [5.41, 5.74) is 1.26. The second kappa shape index (κ2) is 7.59. The minimum absolute atomic E-state index is 0.0830. The van der Waals surface area contributed by atoms with Gasteiger partial charge >= 0.3 is 0 Å². The standard InChI is InChI=1S/C17H22N2O3S/c1-14(15-6-4-3-5-7-15)19(2)12-13-22-16-8-10-17(11-9-16)23(18,20)21/h3-11,14H,12-13H2,1-2H3,(H2,18,20,21)/t14-/m0/s1. The molecular weight excluding hydrogens is 312 g/mol. The highest BCUT2D eigenvalue weighted by atomic mass is 32.2. The van der Waals surface area contributed by atoms with Crippen LogP contribution in [0.3, 0.4) is 0 Å². The van der Waals surface area contributed by atoms with Gasteiger partial charge in [0.15, 0.2) is 0 Å². The lowest BCUT2D eigenvalue weighted by molar-refractivity contribution is 0.201. The third kappa shape index (κ3) is 5.06. The summed E-state index contributed by atoms with van der Waals surface area (Å²) in [7, 11) is -1.61. The Kier molecular flexibility index (Phi) is 5.76. The smallest absolute Gasteiger partial charge is 0.238 e. The Hall–Kier alpha value is -1.89. The molecule has 0 aromatic heterocycles. The van der Waals surface area contributed by atoms with E-state index in [0.717, 1.165) is 6.54 Å². The molecule has 0 saturated heterocycles. The fourth-order valence-corrected chi connectivity index (χ4v) is 2.73. The van der Waals surface area contributed by atoms with Crippen LogP contribution in [-0.4, -0.2) is 33.5 Å². The first-order valence-electron chi connectivity index (χ1n) is 7.39. The molecule has 2 rings (SSSR count). The zero-order valence-corrected chi connectivity index (χ0v) is 14.2. The number of ether oxygens (including phenoxy) is 1. The first-order valence-corrected chi connectivity index (χ1v) is 8.93. The summed E-state index contributed by atoms with van der Waals surface area (Å²) >= 11 is 0. The summed E-state index contributed by atoms with van der Waals surface area (Å²) in [6.07, 6.45) is 0. The Bertz CT molecular complexity index is 715. The Morgan fingerprint density at radius 3 is 2.26 bits per heavy atom. The minimum atomic E-state index is -3.66. The van der Waals surface area contributed by atoms with Gasteiger partial charge in [-0.3, -0.25) is 4.90 Å². The van der Waals surface area contributed by atoms with Crippen molar-refractivity contribution in [2.45, 2.75) is 17.9 Å². The Balaban J connectivity index is 1.85. The van der Waals surface area contributed by atoms with Crippen LogP contribution in [0.25, 0.3) is 0 Å². The van der Waals surface area contributed by atoms with E-state index in [0.29, 0.717) is 18.4 Å². The van der Waals surface area contributed by atoms with Gasteiger partial charge in [0.2, 0.25) is 10.0 Å². The zero-order chi connectivity index (χ0) is 16.9. The predicted octanol–water partition coefficient (Wildman–Crippen LogP) is 2.41. The maximum atomic E-state index is 11.2. The van der Waals surface area contributed by atoms with Gasteiger partial charge in [0.1, 0.15) is 12.4 Å². The van der Waals surface area contributed by atoms with E-state index in [1.165, 1.54) is 17.7 Å². The summed E-state index contributed by atoms with van der Waals surface area (Å²) in [4.78, 5) is 2.29. The first-order chi connectivity index (χ1) is 10.9. The van der Waals surface area contributed by atoms with Crippen molar-refractivity contribution in [2.75, 3.05) is 20.2 Å². The molecule has 0 aliphatic heterocycles. The fraction of sp³-hybridized carbons (Fsp3) is 0.294. The molecule has 0 bridgehead atoms. The summed E-state index contributed by atoms with van der Waals surface area (Å²) in [5.74, 6) is 0.623. The van der Waals surface area contributed by atoms with Gasteiger partial charge in [-0.25, -0.2) is 13.6 Å². The molecular formula is C17H22N2O3S. The second-order valence-corrected chi connectivity index (χ2v) is 6.99. The topological polar surface area (TPSA) is 72.6 Å². The van der Waals surface area contributed by atoms with E-state index in [-0.39, 0.29) is 4.90 Å². The van der Waals surface area contributed by atoms with Crippen LogP contribution < -0.4 is 9.88 Å². The van der Waals surface area contributed by atoms with Crippen molar-refractivity contribution in [3.8, 4) is 5.75 Å². The van der Waals surface area contributed by atoms with Crippen LogP contribution >= 0.6 is 0 Å². The van der Waals surface area contributed by atoms with E-state index in [2.05, 4.69) is 24.0 Å². The number of primary sulfonamides is 1. The molecule has 0 saturated carbocycles. The van der Waals surface area contributed by atoms with Crippen LogP contribution in [0, 0.1) is 0 Å². The Labute approximate surface area is 137 Å². The van der Waals surface area contributed by atoms with Gasteiger partial charge in [0, 0.05) is 12.6 Å². The van der Waals surface area contributed by atoms with Gasteiger partial charge in [0.25, 0.3) is 0 Å². The quantitative estimate of drug-likeness (QED) is 0.844. The van der Waals surface area contributed by atoms with Gasteiger partial charge < -0.3 is 4.74 Å². The lowest BCUT2D eigenvalue weighted by Gasteiger charge is -2.25. The van der Waals surface area contributed by atoms with Crippen LogP contribution in [-0.2, 0) is 10.0 Å². The van der Waals surface area contributed by atoms with Crippen molar-refractivity contribution in [2.24, 2.45) is 5.14 Å². The van der Waals surface area contributed by atoms with E-state index in [1.54, 1.807) is 12.1 Å². The first kappa shape index (κ1) is 17.5. The largest absolute Gasteiger partial charge is 0.492 e. The van der Waals surface area contributed by atoms with E-state index in [1.807, 2.05) is 25.2 Å². The van der Waals surface area contributed by atoms with Crippen molar-refractivity contribution in [1.82, 2.24) is 4.90 Å². The monoisotopic (exact) mass is 334 g/mol. The van der Waals surface area contributed by atoms with E-state index in [4.69, 9.17) is 9.88 Å². The summed E-state index contributed by atoms with van der Waals surface area (Å²) in [6.45, 7) is 3.42. The van der Waals surface area contributed by atoms with Crippen LogP contribution in [0.5, 0.6) is 5.75 Å². The number of nitrogens with zero attached hydrogens (tertiary/aromatic N) is 1. The van der Waals surface area contributed by atoms with Gasteiger partial charge in [-0.05, 0) is 43.8 Å². The molecule has 5 nitrogen and oxygen atoms in total. The number of hydrogen-bond acceptors (Lipinski definition) is 4. The van der Waals surface area contributed by atoms with Crippen molar-refractivity contribution in [3.63, 3.8) is 0 Å². The molecule has 0 amide bonds. The molecule has 0 radical (unpaired) electrons. The SMILES string of the molecule is C[C@@H](c1ccccc1)N(C)CCOc1ccc(S(N)(=O)=O)cc1. The molecule has 2 N–H and O–H groups in total. The lowest BCUT2D eigenvalue weighted by Crippen LogP contribution is -2.27. The van der Waals surface area contributed by atoms with Crippen molar-refractivity contribution >= 4 is 10.0 Å². The highest BCUT2D eigenvalue weighted by molar-refractivity contribution is 7.89. The molecule has 124 valence electrons. The summed E-state index contributed by atoms with van der Waals surface area (Å²) in [6, 6.07) is 16.7. The molecule has 0 fully saturated rings. The minimum Gasteiger partial charge on any atom is -0.492 e. The molecule has 0 spiro atoms. The molecule has 1 atom stereocenters. The maximum Gasteiger partial charge on any atom is 0.238 e. The number of benzene rings is 2. The van der Waals surface area contributed by atoms with Crippen molar-refractivity contribution in [3.05, 3.63) is 60.2 Å². The van der Waals surface area contributed by atoms with Crippen LogP contribution in [0.15, 0.2) is 59.5 Å². The average Bonchev–Trinajstić information content (AvgIpc) is 2.54. The van der Waals surface area contributed by atoms with E-state index >= 15 is 0 Å². The van der Waals surface area contributed by atoms with Gasteiger partial charge in [-0.2, -0.15) is 0 Å². The second-order valence-electron chi connectivity index (χ2n) is 5.43. The van der Waals surface area contributed by atoms with E-state index in [9.17, 15) is 8.42 Å². The average molecular weight is 334 g/mol. The molecule has 0 unspecified atom stereocenters. The summed E-state index contributed by atoms with van der Waals surface area (Å²) in [5, 5.41) is 5.06. The zero-order valence-electron chi connectivity index (χ0n) is 13.3. The van der Waals surface area contributed by atoms with Crippen LogP contribution in [0.1, 0.15) is 18.5 Å². The maximum absolute atomic E-state index is 11.2. The van der Waals surface area contributed by atoms with Crippen molar-refractivity contribution in [1.29, 1.82) is 0 Å². The van der Waals surface area contributed by atoms with Gasteiger partial charge in [-0.1, -0.05) is 30.3 Å². The van der Waals surface area contributed by atoms with Crippen LogP contribution in [0.4, 0.5) is 0 Å². The predicted molar refractivity (Wildman–Crippen MR) is 90.8 cm³/mol. The third-order valence-electron chi connectivity index (χ3n) is 3.81. The molecule has 0 aliphatic rings. The fourth-order valence-electron chi connectivity index (χ4n) is 2.21. The van der Waals surface area contributed by atoms with Crippen LogP contribution in [0.2, 0.25) is 0 Å². The number of rotatable bonds is 7. The number of nitrogens with two attached hydrogens (primary N) is 1. The van der Waals surface area contributed by atoms with Crippen molar-refractivity contribution < 1.29 is 13.2 Å². The number of likely N-dealkylation sites (N-methyl/N-ethyl adjacent to an activating group) is 1.